The van der Waals surface area contributed by atoms with Gasteiger partial charge in [0.1, 0.15) is 11.2 Å². The Morgan fingerprint density at radius 1 is 1.27 bits per heavy atom. The highest BCUT2D eigenvalue weighted by Crippen LogP contribution is 2.30. The second kappa shape index (κ2) is 5.88. The monoisotopic (exact) mass is 304 g/mol. The molecule has 0 saturated heterocycles. The van der Waals surface area contributed by atoms with Crippen LogP contribution in [0.1, 0.15) is 31.1 Å². The van der Waals surface area contributed by atoms with Gasteiger partial charge in [0.2, 0.25) is 0 Å². The summed E-state index contributed by atoms with van der Waals surface area (Å²) in [7, 11) is 0. The third-order valence-electron chi connectivity index (χ3n) is 2.61. The second-order valence-electron chi connectivity index (χ2n) is 5.55. The lowest BCUT2D eigenvalue weighted by Gasteiger charge is -2.20. The van der Waals surface area contributed by atoms with Gasteiger partial charge in [-0.2, -0.15) is 0 Å². The molecule has 0 saturated carbocycles. The van der Waals surface area contributed by atoms with Gasteiger partial charge < -0.3 is 14.4 Å². The van der Waals surface area contributed by atoms with Crippen molar-refractivity contribution in [2.24, 2.45) is 0 Å². The summed E-state index contributed by atoms with van der Waals surface area (Å²) in [5, 5.41) is 15.2. The average Bonchev–Trinajstić information content (AvgIpc) is 2.86. The number of carboxylic acids is 1. The molecule has 2 rings (SSSR count). The molecule has 1 aromatic heterocycles. The lowest BCUT2D eigenvalue weighted by molar-refractivity contribution is 0.0634. The number of benzene rings is 1. The van der Waals surface area contributed by atoms with Crippen molar-refractivity contribution in [3.63, 3.8) is 0 Å². The molecule has 0 aliphatic carbocycles. The number of ether oxygens (including phenoxy) is 1. The molecular formula is C15H16N2O5. The number of amides is 1. The molecule has 7 heteroatoms. The van der Waals surface area contributed by atoms with E-state index in [0.717, 1.165) is 6.20 Å². The lowest BCUT2D eigenvalue weighted by Crippen LogP contribution is -2.27. The molecule has 0 bridgehead atoms. The highest BCUT2D eigenvalue weighted by Gasteiger charge is 2.22. The molecule has 0 fully saturated rings. The van der Waals surface area contributed by atoms with Crippen LogP contribution in [0.3, 0.4) is 0 Å². The molecule has 116 valence electrons. The third kappa shape index (κ3) is 3.63. The Morgan fingerprint density at radius 2 is 1.95 bits per heavy atom. The van der Waals surface area contributed by atoms with Gasteiger partial charge in [0.15, 0.2) is 5.76 Å². The van der Waals surface area contributed by atoms with E-state index in [1.807, 2.05) is 0 Å². The molecule has 0 atom stereocenters. The zero-order chi connectivity index (χ0) is 16.3. The topological polar surface area (TPSA) is 102 Å². The predicted octanol–water partition coefficient (Wildman–Crippen LogP) is 3.39. The van der Waals surface area contributed by atoms with Crippen molar-refractivity contribution in [2.45, 2.75) is 26.4 Å². The Kier molecular flexibility index (Phi) is 4.16. The summed E-state index contributed by atoms with van der Waals surface area (Å²) >= 11 is 0. The van der Waals surface area contributed by atoms with Crippen LogP contribution in [0.2, 0.25) is 0 Å². The van der Waals surface area contributed by atoms with Crippen LogP contribution in [0.25, 0.3) is 11.3 Å². The van der Waals surface area contributed by atoms with Crippen molar-refractivity contribution in [2.75, 3.05) is 5.32 Å². The van der Waals surface area contributed by atoms with Crippen LogP contribution in [0.5, 0.6) is 0 Å². The first-order chi connectivity index (χ1) is 10.3. The van der Waals surface area contributed by atoms with E-state index in [4.69, 9.17) is 14.4 Å². The number of anilines is 1. The molecule has 0 unspecified atom stereocenters. The molecule has 0 aliphatic rings. The van der Waals surface area contributed by atoms with Crippen LogP contribution in [0.4, 0.5) is 10.5 Å². The summed E-state index contributed by atoms with van der Waals surface area (Å²) in [4.78, 5) is 23.0. The summed E-state index contributed by atoms with van der Waals surface area (Å²) in [5.41, 5.74) is 0.0509. The van der Waals surface area contributed by atoms with Crippen LogP contribution in [-0.4, -0.2) is 27.9 Å². The van der Waals surface area contributed by atoms with Gasteiger partial charge in [0.25, 0.3) is 0 Å². The molecule has 1 amide bonds. The molecule has 7 nitrogen and oxygen atoms in total. The molecule has 2 N–H and O–H groups in total. The van der Waals surface area contributed by atoms with Crippen molar-refractivity contribution < 1.29 is 24.0 Å². The standard InChI is InChI=1S/C15H16N2O5/c1-15(2,3)21-14(20)17-11-7-5-4-6-9(11)12-10(13(18)19)8-16-22-12/h4-8H,1-3H3,(H,17,20)(H,18,19). The van der Waals surface area contributed by atoms with Gasteiger partial charge >= 0.3 is 12.1 Å². The number of rotatable bonds is 3. The molecule has 2 aromatic rings. The Balaban J connectivity index is 2.33. The Labute approximate surface area is 126 Å². The average molecular weight is 304 g/mol. The number of carbonyl (C=O) groups is 2. The van der Waals surface area contributed by atoms with E-state index in [-0.39, 0.29) is 11.3 Å². The second-order valence-corrected chi connectivity index (χ2v) is 5.55. The highest BCUT2D eigenvalue weighted by atomic mass is 16.6. The van der Waals surface area contributed by atoms with Gasteiger partial charge in [0, 0.05) is 5.56 Å². The maximum atomic E-state index is 11.9. The van der Waals surface area contributed by atoms with Crippen molar-refractivity contribution in [3.05, 3.63) is 36.0 Å². The highest BCUT2D eigenvalue weighted by molar-refractivity contribution is 5.98. The van der Waals surface area contributed by atoms with E-state index in [2.05, 4.69) is 10.5 Å². The van der Waals surface area contributed by atoms with E-state index in [0.29, 0.717) is 11.3 Å². The zero-order valence-electron chi connectivity index (χ0n) is 12.4. The summed E-state index contributed by atoms with van der Waals surface area (Å²) in [6.45, 7) is 5.24. The number of hydrogen-bond donors (Lipinski definition) is 2. The SMILES string of the molecule is CC(C)(C)OC(=O)Nc1ccccc1-c1oncc1C(=O)O. The summed E-state index contributed by atoms with van der Waals surface area (Å²) in [5.74, 6) is -1.09. The van der Waals surface area contributed by atoms with Gasteiger partial charge in [-0.3, -0.25) is 5.32 Å². The number of para-hydroxylation sites is 1. The van der Waals surface area contributed by atoms with Crippen molar-refractivity contribution >= 4 is 17.7 Å². The van der Waals surface area contributed by atoms with Crippen LogP contribution >= 0.6 is 0 Å². The van der Waals surface area contributed by atoms with Crippen LogP contribution in [0.15, 0.2) is 35.0 Å². The minimum absolute atomic E-state index is 0.0687. The molecule has 0 spiro atoms. The maximum absolute atomic E-state index is 11.9. The van der Waals surface area contributed by atoms with Gasteiger partial charge in [-0.05, 0) is 32.9 Å². The van der Waals surface area contributed by atoms with E-state index in [1.165, 1.54) is 0 Å². The summed E-state index contributed by atoms with van der Waals surface area (Å²) in [6, 6.07) is 6.64. The van der Waals surface area contributed by atoms with Crippen molar-refractivity contribution in [3.8, 4) is 11.3 Å². The largest absolute Gasteiger partial charge is 0.477 e. The Morgan fingerprint density at radius 3 is 2.59 bits per heavy atom. The Hall–Kier alpha value is -2.83. The molecule has 1 heterocycles. The fourth-order valence-corrected chi connectivity index (χ4v) is 1.79. The normalized spacial score (nSPS) is 11.0. The molecule has 1 aromatic carbocycles. The number of carbonyl (C=O) groups excluding carboxylic acids is 1. The first kappa shape index (κ1) is 15.6. The minimum atomic E-state index is -1.16. The first-order valence-corrected chi connectivity index (χ1v) is 6.55. The fourth-order valence-electron chi connectivity index (χ4n) is 1.79. The number of nitrogens with zero attached hydrogens (tertiary/aromatic N) is 1. The van der Waals surface area contributed by atoms with Crippen molar-refractivity contribution in [1.29, 1.82) is 0 Å². The van der Waals surface area contributed by atoms with Crippen molar-refractivity contribution in [1.82, 2.24) is 5.16 Å². The molecule has 0 aliphatic heterocycles. The van der Waals surface area contributed by atoms with Gasteiger partial charge in [-0.15, -0.1) is 0 Å². The minimum Gasteiger partial charge on any atom is -0.477 e. The van der Waals surface area contributed by atoms with E-state index in [1.54, 1.807) is 45.0 Å². The molecule has 22 heavy (non-hydrogen) atoms. The summed E-state index contributed by atoms with van der Waals surface area (Å²) < 4.78 is 10.2. The smallest absolute Gasteiger partial charge is 0.412 e. The number of carboxylic acid groups (broad SMARTS) is 1. The van der Waals surface area contributed by atoms with E-state index >= 15 is 0 Å². The Bertz CT molecular complexity index is 700. The molecular weight excluding hydrogens is 288 g/mol. The predicted molar refractivity (Wildman–Crippen MR) is 78.8 cm³/mol. The van der Waals surface area contributed by atoms with Crippen LogP contribution < -0.4 is 5.32 Å². The van der Waals surface area contributed by atoms with E-state index < -0.39 is 17.7 Å². The number of aromatic nitrogens is 1. The molecule has 0 radical (unpaired) electrons. The zero-order valence-corrected chi connectivity index (χ0v) is 12.4. The number of nitrogens with one attached hydrogen (secondary N) is 1. The summed E-state index contributed by atoms with van der Waals surface area (Å²) in [6.07, 6.45) is 0.471. The number of hydrogen-bond acceptors (Lipinski definition) is 5. The van der Waals surface area contributed by atoms with Gasteiger partial charge in [-0.25, -0.2) is 9.59 Å². The lowest BCUT2D eigenvalue weighted by atomic mass is 10.1. The van der Waals surface area contributed by atoms with Gasteiger partial charge in [-0.1, -0.05) is 17.3 Å². The van der Waals surface area contributed by atoms with Gasteiger partial charge in [0.05, 0.1) is 11.9 Å². The van der Waals surface area contributed by atoms with Crippen LogP contribution in [-0.2, 0) is 4.74 Å². The first-order valence-electron chi connectivity index (χ1n) is 6.55. The van der Waals surface area contributed by atoms with E-state index in [9.17, 15) is 9.59 Å². The fraction of sp³-hybridized carbons (Fsp3) is 0.267. The quantitative estimate of drug-likeness (QED) is 0.901. The third-order valence-corrected chi connectivity index (χ3v) is 2.61. The van der Waals surface area contributed by atoms with Crippen LogP contribution in [0, 0.1) is 0 Å². The number of aromatic carboxylic acids is 1. The maximum Gasteiger partial charge on any atom is 0.412 e.